The molecule has 2 bridgehead atoms. The van der Waals surface area contributed by atoms with Crippen LogP contribution in [0.25, 0.3) is 0 Å². The van der Waals surface area contributed by atoms with E-state index in [1.165, 1.54) is 19.2 Å². The lowest BCUT2D eigenvalue weighted by molar-refractivity contribution is -0.161. The smallest absolute Gasteiger partial charge is 0.309 e. The third-order valence-electron chi connectivity index (χ3n) is 8.41. The van der Waals surface area contributed by atoms with E-state index in [9.17, 15) is 14.4 Å². The monoisotopic (exact) mass is 560 g/mol. The Bertz CT molecular complexity index is 1090. The molecule has 4 atom stereocenters. The van der Waals surface area contributed by atoms with E-state index in [1.807, 2.05) is 34.6 Å². The molecule has 0 heterocycles. The number of halogens is 1. The molecular weight excluding hydrogens is 515 g/mol. The normalized spacial score (nSPS) is 27.8. The summed E-state index contributed by atoms with van der Waals surface area (Å²) in [7, 11) is 1.39. The molecule has 4 rings (SSSR count). The Morgan fingerprint density at radius 1 is 1.00 bits per heavy atom. The highest BCUT2D eigenvalue weighted by molar-refractivity contribution is 5.98. The van der Waals surface area contributed by atoms with Crippen molar-refractivity contribution < 1.29 is 33.0 Å². The van der Waals surface area contributed by atoms with Crippen molar-refractivity contribution in [2.24, 2.45) is 29.6 Å². The topological polar surface area (TPSA) is 103 Å². The van der Waals surface area contributed by atoms with Crippen LogP contribution in [-0.2, 0) is 14.3 Å². The van der Waals surface area contributed by atoms with E-state index in [-0.39, 0.29) is 64.8 Å². The van der Waals surface area contributed by atoms with E-state index in [0.29, 0.717) is 38.1 Å². The number of hydrogen-bond donors (Lipinski definition) is 2. The zero-order valence-corrected chi connectivity index (χ0v) is 24.7. The molecule has 1 aromatic rings. The molecule has 2 N–H and O–H groups in total. The van der Waals surface area contributed by atoms with Crippen molar-refractivity contribution in [1.82, 2.24) is 10.6 Å². The van der Waals surface area contributed by atoms with E-state index in [1.54, 1.807) is 0 Å². The Labute approximate surface area is 237 Å². The summed E-state index contributed by atoms with van der Waals surface area (Å²) < 4.78 is 31.9. The van der Waals surface area contributed by atoms with Gasteiger partial charge in [-0.25, -0.2) is 4.39 Å². The molecular formula is C31H45FN2O6. The fourth-order valence-electron chi connectivity index (χ4n) is 6.48. The minimum atomic E-state index is -0.617. The highest BCUT2D eigenvalue weighted by Gasteiger charge is 2.51. The average Bonchev–Trinajstić information content (AvgIpc) is 3.49. The van der Waals surface area contributed by atoms with Crippen LogP contribution in [0.4, 0.5) is 4.39 Å². The van der Waals surface area contributed by atoms with Gasteiger partial charge in [0.15, 0.2) is 11.6 Å². The quantitative estimate of drug-likeness (QED) is 0.411. The third kappa shape index (κ3) is 7.07. The summed E-state index contributed by atoms with van der Waals surface area (Å²) in [5.74, 6) is -0.796. The Morgan fingerprint density at radius 2 is 1.68 bits per heavy atom. The van der Waals surface area contributed by atoms with Gasteiger partial charge in [-0.1, -0.05) is 13.8 Å². The van der Waals surface area contributed by atoms with Crippen LogP contribution in [0.2, 0.25) is 0 Å². The van der Waals surface area contributed by atoms with Crippen molar-refractivity contribution in [2.75, 3.05) is 13.7 Å². The summed E-state index contributed by atoms with van der Waals surface area (Å²) in [6.07, 6.45) is 4.95. The fourth-order valence-corrected chi connectivity index (χ4v) is 6.48. The first-order valence-corrected chi connectivity index (χ1v) is 14.7. The molecule has 2 amide bonds. The van der Waals surface area contributed by atoms with Crippen LogP contribution in [0.5, 0.6) is 11.5 Å². The van der Waals surface area contributed by atoms with Gasteiger partial charge in [0.1, 0.15) is 11.4 Å². The summed E-state index contributed by atoms with van der Waals surface area (Å²) >= 11 is 0. The predicted octanol–water partition coefficient (Wildman–Crippen LogP) is 5.03. The van der Waals surface area contributed by atoms with Crippen LogP contribution >= 0.6 is 0 Å². The molecule has 3 fully saturated rings. The van der Waals surface area contributed by atoms with Gasteiger partial charge in [-0.15, -0.1) is 0 Å². The number of ether oxygens (including phenoxy) is 3. The maximum absolute atomic E-state index is 15.0. The van der Waals surface area contributed by atoms with Gasteiger partial charge in [0, 0.05) is 18.7 Å². The van der Waals surface area contributed by atoms with Crippen LogP contribution in [0.3, 0.4) is 0 Å². The maximum Gasteiger partial charge on any atom is 0.309 e. The van der Waals surface area contributed by atoms with Gasteiger partial charge in [-0.05, 0) is 89.5 Å². The number of carbonyl (C=O) groups is 3. The second kappa shape index (κ2) is 12.4. The van der Waals surface area contributed by atoms with Gasteiger partial charge in [0.2, 0.25) is 5.91 Å². The molecule has 3 aliphatic carbocycles. The summed E-state index contributed by atoms with van der Waals surface area (Å²) in [5, 5.41) is 6.14. The molecule has 4 unspecified atom stereocenters. The number of amides is 2. The molecule has 3 aliphatic rings. The second-order valence-corrected chi connectivity index (χ2v) is 13.1. The Kier molecular flexibility index (Phi) is 9.30. The highest BCUT2D eigenvalue weighted by Crippen LogP contribution is 2.49. The van der Waals surface area contributed by atoms with Gasteiger partial charge in [-0.2, -0.15) is 0 Å². The van der Waals surface area contributed by atoms with Gasteiger partial charge >= 0.3 is 5.97 Å². The lowest BCUT2D eigenvalue weighted by Crippen LogP contribution is -2.50. The molecule has 0 aromatic heterocycles. The first-order valence-electron chi connectivity index (χ1n) is 14.7. The molecule has 1 aromatic carbocycles. The number of carbonyl (C=O) groups excluding carboxylic acids is 3. The zero-order valence-electron chi connectivity index (χ0n) is 24.7. The van der Waals surface area contributed by atoms with Crippen molar-refractivity contribution in [1.29, 1.82) is 0 Å². The van der Waals surface area contributed by atoms with Crippen molar-refractivity contribution in [3.63, 3.8) is 0 Å². The van der Waals surface area contributed by atoms with E-state index in [4.69, 9.17) is 14.2 Å². The molecule has 222 valence electrons. The van der Waals surface area contributed by atoms with Gasteiger partial charge < -0.3 is 24.8 Å². The Hall–Kier alpha value is -2.84. The van der Waals surface area contributed by atoms with Crippen molar-refractivity contribution in [2.45, 2.75) is 97.3 Å². The molecule has 0 radical (unpaired) electrons. The summed E-state index contributed by atoms with van der Waals surface area (Å²) in [4.78, 5) is 39.0. The Balaban J connectivity index is 1.43. The van der Waals surface area contributed by atoms with E-state index >= 15 is 4.39 Å². The van der Waals surface area contributed by atoms with Crippen LogP contribution in [-0.4, -0.2) is 49.2 Å². The fraction of sp³-hybridized carbons (Fsp3) is 0.710. The average molecular weight is 561 g/mol. The van der Waals surface area contributed by atoms with E-state index < -0.39 is 17.3 Å². The minimum Gasteiger partial charge on any atom is -0.496 e. The molecule has 8 nitrogen and oxygen atoms in total. The van der Waals surface area contributed by atoms with E-state index in [2.05, 4.69) is 10.6 Å². The second-order valence-electron chi connectivity index (χ2n) is 13.1. The third-order valence-corrected chi connectivity index (χ3v) is 8.41. The number of hydrogen-bond acceptors (Lipinski definition) is 6. The minimum absolute atomic E-state index is 0.0109. The number of benzene rings is 1. The lowest BCUT2D eigenvalue weighted by atomic mass is 9.83. The number of esters is 1. The summed E-state index contributed by atoms with van der Waals surface area (Å²) in [6, 6.07) is 2.29. The first kappa shape index (κ1) is 30.1. The summed E-state index contributed by atoms with van der Waals surface area (Å²) in [6.45, 7) is 10.2. The molecule has 0 aliphatic heterocycles. The highest BCUT2D eigenvalue weighted by atomic mass is 19.1. The van der Waals surface area contributed by atoms with Crippen LogP contribution in [0, 0.1) is 35.4 Å². The number of nitrogens with one attached hydrogen (secondary N) is 2. The predicted molar refractivity (Wildman–Crippen MR) is 149 cm³/mol. The van der Waals surface area contributed by atoms with Crippen molar-refractivity contribution >= 4 is 17.8 Å². The molecule has 0 spiro atoms. The van der Waals surface area contributed by atoms with Gasteiger partial charge in [0.05, 0.1) is 30.6 Å². The molecule has 3 saturated carbocycles. The van der Waals surface area contributed by atoms with Crippen LogP contribution in [0.1, 0.15) is 89.9 Å². The maximum atomic E-state index is 15.0. The SMILES string of the molecule is COc1cc(F)c(OC2CCC(C(=O)OC(C)(C)C)CC2)cc1C(=O)NC1C2CCC(C2)C1C(=O)NCC(C)C. The van der Waals surface area contributed by atoms with Crippen molar-refractivity contribution in [3.05, 3.63) is 23.5 Å². The van der Waals surface area contributed by atoms with Gasteiger partial charge in [0.25, 0.3) is 5.91 Å². The standard InChI is InChI=1S/C31H45FN2O6/c1-17(2)16-33-29(36)26-19-7-8-20(13-19)27(26)34-28(35)22-14-25(23(32)15-24(22)38-6)39-21-11-9-18(10-12-21)30(37)40-31(3,4)5/h14-15,17-21,26-27H,7-13,16H2,1-6H3,(H,33,36)(H,34,35). The van der Waals surface area contributed by atoms with E-state index in [0.717, 1.165) is 19.3 Å². The zero-order chi connectivity index (χ0) is 29.2. The Morgan fingerprint density at radius 3 is 2.30 bits per heavy atom. The molecule has 40 heavy (non-hydrogen) atoms. The summed E-state index contributed by atoms with van der Waals surface area (Å²) in [5.41, 5.74) is -0.366. The largest absolute Gasteiger partial charge is 0.496 e. The number of fused-ring (bicyclic) bond motifs is 2. The first-order chi connectivity index (χ1) is 18.9. The molecule has 9 heteroatoms. The molecule has 0 saturated heterocycles. The number of rotatable bonds is 9. The van der Waals surface area contributed by atoms with Crippen LogP contribution in [0.15, 0.2) is 12.1 Å². The van der Waals surface area contributed by atoms with Crippen molar-refractivity contribution in [3.8, 4) is 11.5 Å². The lowest BCUT2D eigenvalue weighted by Gasteiger charge is -2.31. The number of methoxy groups -OCH3 is 1. The van der Waals surface area contributed by atoms with Crippen LogP contribution < -0.4 is 20.1 Å². The van der Waals surface area contributed by atoms with Gasteiger partial charge in [-0.3, -0.25) is 14.4 Å².